The predicted molar refractivity (Wildman–Crippen MR) is 120 cm³/mol. The first-order valence-electron chi connectivity index (χ1n) is 10.9. The molecular formula is C24H31NO5S. The minimum Gasteiger partial charge on any atom is -0.477 e. The first-order chi connectivity index (χ1) is 14.9. The second-order valence-electron chi connectivity index (χ2n) is 8.05. The van der Waals surface area contributed by atoms with Crippen LogP contribution in [0.4, 0.5) is 0 Å². The molecule has 0 saturated carbocycles. The molecule has 0 spiro atoms. The van der Waals surface area contributed by atoms with Crippen molar-refractivity contribution < 1.29 is 24.5 Å². The summed E-state index contributed by atoms with van der Waals surface area (Å²) < 4.78 is 6.07. The third-order valence-electron chi connectivity index (χ3n) is 6.05. The van der Waals surface area contributed by atoms with Crippen molar-refractivity contribution in [3.05, 3.63) is 57.3 Å². The summed E-state index contributed by atoms with van der Waals surface area (Å²) in [5, 5.41) is 22.9. The molecule has 6 nitrogen and oxygen atoms in total. The molecule has 1 aromatic carbocycles. The lowest BCUT2D eigenvalue weighted by Gasteiger charge is -2.37. The number of methoxy groups -OCH3 is 1. The lowest BCUT2D eigenvalue weighted by atomic mass is 9.83. The van der Waals surface area contributed by atoms with Crippen LogP contribution in [0.25, 0.3) is 0 Å². The molecule has 2 heterocycles. The van der Waals surface area contributed by atoms with Gasteiger partial charge in [0.25, 0.3) is 0 Å². The lowest BCUT2D eigenvalue weighted by molar-refractivity contribution is -0.120. The van der Waals surface area contributed by atoms with Crippen LogP contribution in [0, 0.1) is 0 Å². The number of carboxylic acid groups (broad SMARTS) is 1. The van der Waals surface area contributed by atoms with Gasteiger partial charge in [0, 0.05) is 18.4 Å². The average Bonchev–Trinajstić information content (AvgIpc) is 3.43. The number of aromatic carboxylic acids is 1. The highest BCUT2D eigenvalue weighted by Crippen LogP contribution is 2.43. The number of aliphatic hydroxyl groups excluding tert-OH is 1. The molecule has 1 aliphatic rings. The van der Waals surface area contributed by atoms with E-state index in [1.165, 1.54) is 6.42 Å². The Balaban J connectivity index is 1.92. The lowest BCUT2D eigenvalue weighted by Crippen LogP contribution is -2.48. The molecule has 0 bridgehead atoms. The Morgan fingerprint density at radius 1 is 1.23 bits per heavy atom. The molecule has 2 unspecified atom stereocenters. The third-order valence-corrected chi connectivity index (χ3v) is 7.24. The van der Waals surface area contributed by atoms with Crippen LogP contribution >= 0.6 is 11.3 Å². The Morgan fingerprint density at radius 3 is 2.52 bits per heavy atom. The summed E-state index contributed by atoms with van der Waals surface area (Å²) in [6.45, 7) is 2.16. The molecule has 0 radical (unpaired) electrons. The van der Waals surface area contributed by atoms with E-state index in [0.29, 0.717) is 12.8 Å². The summed E-state index contributed by atoms with van der Waals surface area (Å²) in [6.07, 6.45) is 5.64. The summed E-state index contributed by atoms with van der Waals surface area (Å²) in [4.78, 5) is 24.4. The minimum atomic E-state index is -0.991. The van der Waals surface area contributed by atoms with Crippen LogP contribution < -0.4 is 5.32 Å². The number of rotatable bonds is 11. The summed E-state index contributed by atoms with van der Waals surface area (Å²) in [5.41, 5.74) is 0.677. The van der Waals surface area contributed by atoms with Gasteiger partial charge in [0.15, 0.2) is 0 Å². The Morgan fingerprint density at radius 2 is 1.97 bits per heavy atom. The molecule has 1 amide bonds. The Hall–Kier alpha value is -2.22. The zero-order chi connectivity index (χ0) is 22.4. The summed E-state index contributed by atoms with van der Waals surface area (Å²) >= 11 is 1.16. The zero-order valence-electron chi connectivity index (χ0n) is 18.1. The monoisotopic (exact) mass is 445 g/mol. The third kappa shape index (κ3) is 5.00. The van der Waals surface area contributed by atoms with Crippen LogP contribution in [0.15, 0.2) is 36.4 Å². The van der Waals surface area contributed by atoms with Crippen molar-refractivity contribution in [1.29, 1.82) is 0 Å². The van der Waals surface area contributed by atoms with Gasteiger partial charge in [-0.05, 0) is 36.1 Å². The quantitative estimate of drug-likeness (QED) is 0.439. The number of carbonyl (C=O) groups excluding carboxylic acids is 1. The molecule has 1 aromatic heterocycles. The van der Waals surface area contributed by atoms with Gasteiger partial charge in [-0.25, -0.2) is 4.79 Å². The smallest absolute Gasteiger partial charge is 0.345 e. The number of carboxylic acids is 1. The minimum absolute atomic E-state index is 0.0411. The van der Waals surface area contributed by atoms with E-state index in [9.17, 15) is 19.8 Å². The highest BCUT2D eigenvalue weighted by molar-refractivity contribution is 7.14. The number of ether oxygens (including phenoxy) is 1. The van der Waals surface area contributed by atoms with Crippen LogP contribution in [0.3, 0.4) is 0 Å². The van der Waals surface area contributed by atoms with E-state index in [1.54, 1.807) is 19.2 Å². The standard InChI is InChI=1S/C24H31NO5S/c1-3-4-5-6-7-18(26)16-8-10-17(11-9-16)24(30-2,20-13-15-22(27)25-20)21-14-12-19(31-21)23(28)29/h8-12,14,18,20,26H,3-7,13,15H2,1-2H3,(H,25,27)(H,28,29)/t18?,20?,24-/m0/s1. The highest BCUT2D eigenvalue weighted by atomic mass is 32.1. The van der Waals surface area contributed by atoms with Crippen molar-refractivity contribution in [2.24, 2.45) is 0 Å². The fourth-order valence-corrected chi connectivity index (χ4v) is 5.42. The van der Waals surface area contributed by atoms with Crippen molar-refractivity contribution in [1.82, 2.24) is 5.32 Å². The number of hydrogen-bond donors (Lipinski definition) is 3. The molecule has 3 rings (SSSR count). The van der Waals surface area contributed by atoms with Crippen molar-refractivity contribution >= 4 is 23.2 Å². The molecule has 1 aliphatic heterocycles. The van der Waals surface area contributed by atoms with Crippen LogP contribution in [0.5, 0.6) is 0 Å². The van der Waals surface area contributed by atoms with Crippen LogP contribution in [0.2, 0.25) is 0 Å². The number of carbonyl (C=O) groups is 2. The Bertz CT molecular complexity index is 894. The van der Waals surface area contributed by atoms with Gasteiger partial charge < -0.3 is 20.3 Å². The van der Waals surface area contributed by atoms with Crippen molar-refractivity contribution in [3.63, 3.8) is 0 Å². The molecular weight excluding hydrogens is 414 g/mol. The number of aliphatic hydroxyl groups is 1. The molecule has 1 saturated heterocycles. The van der Waals surface area contributed by atoms with Gasteiger partial charge in [0.1, 0.15) is 10.5 Å². The Kier molecular flexibility index (Phi) is 7.86. The van der Waals surface area contributed by atoms with Gasteiger partial charge in [-0.1, -0.05) is 56.9 Å². The molecule has 0 aliphatic carbocycles. The van der Waals surface area contributed by atoms with E-state index in [4.69, 9.17) is 4.74 Å². The van der Waals surface area contributed by atoms with Crippen molar-refractivity contribution in [2.75, 3.05) is 7.11 Å². The average molecular weight is 446 g/mol. The van der Waals surface area contributed by atoms with Gasteiger partial charge in [-0.2, -0.15) is 0 Å². The summed E-state index contributed by atoms with van der Waals surface area (Å²) in [7, 11) is 1.58. The maximum atomic E-state index is 12.0. The molecule has 31 heavy (non-hydrogen) atoms. The van der Waals surface area contributed by atoms with Crippen molar-refractivity contribution in [2.45, 2.75) is 69.6 Å². The van der Waals surface area contributed by atoms with Gasteiger partial charge in [0.05, 0.1) is 12.1 Å². The highest BCUT2D eigenvalue weighted by Gasteiger charge is 2.47. The summed E-state index contributed by atoms with van der Waals surface area (Å²) in [6, 6.07) is 10.7. The fraction of sp³-hybridized carbons (Fsp3) is 0.500. The maximum absolute atomic E-state index is 12.0. The zero-order valence-corrected chi connectivity index (χ0v) is 18.9. The molecule has 168 valence electrons. The second-order valence-corrected chi connectivity index (χ2v) is 9.14. The number of benzene rings is 1. The van der Waals surface area contributed by atoms with Gasteiger partial charge in [0.2, 0.25) is 5.91 Å². The second kappa shape index (κ2) is 10.4. The van der Waals surface area contributed by atoms with E-state index in [-0.39, 0.29) is 16.8 Å². The van der Waals surface area contributed by atoms with Crippen molar-refractivity contribution in [3.8, 4) is 0 Å². The van der Waals surface area contributed by atoms with Gasteiger partial charge in [-0.15, -0.1) is 11.3 Å². The predicted octanol–water partition coefficient (Wildman–Crippen LogP) is 4.62. The summed E-state index contributed by atoms with van der Waals surface area (Å²) in [5.74, 6) is -1.03. The Labute approximate surface area is 187 Å². The van der Waals surface area contributed by atoms with Crippen LogP contribution in [-0.2, 0) is 15.1 Å². The number of nitrogens with one attached hydrogen (secondary N) is 1. The first-order valence-corrected chi connectivity index (χ1v) is 11.7. The van der Waals surface area contributed by atoms with Crippen LogP contribution in [-0.4, -0.2) is 35.2 Å². The number of amides is 1. The molecule has 7 heteroatoms. The molecule has 1 fully saturated rings. The maximum Gasteiger partial charge on any atom is 0.345 e. The molecule has 2 aromatic rings. The molecule has 3 N–H and O–H groups in total. The first kappa shape index (κ1) is 23.4. The topological polar surface area (TPSA) is 95.9 Å². The van der Waals surface area contributed by atoms with E-state index in [2.05, 4.69) is 12.2 Å². The van der Waals surface area contributed by atoms with Crippen LogP contribution in [0.1, 0.15) is 83.6 Å². The van der Waals surface area contributed by atoms with Gasteiger partial charge in [-0.3, -0.25) is 4.79 Å². The van der Waals surface area contributed by atoms with E-state index in [1.807, 2.05) is 24.3 Å². The largest absolute Gasteiger partial charge is 0.477 e. The number of unbranched alkanes of at least 4 members (excludes halogenated alkanes) is 3. The number of hydrogen-bond acceptors (Lipinski definition) is 5. The fourth-order valence-electron chi connectivity index (χ4n) is 4.33. The normalized spacial score (nSPS) is 19.1. The molecule has 3 atom stereocenters. The SMILES string of the molecule is CCCCCCC(O)c1ccc([C@@](OC)(c2ccc(C(=O)O)s2)C2CCC(=O)N2)cc1. The van der Waals surface area contributed by atoms with E-state index >= 15 is 0 Å². The van der Waals surface area contributed by atoms with E-state index < -0.39 is 17.7 Å². The number of thiophene rings is 1. The van der Waals surface area contributed by atoms with Gasteiger partial charge >= 0.3 is 5.97 Å². The van der Waals surface area contributed by atoms with E-state index in [0.717, 1.165) is 53.0 Å².